The van der Waals surface area contributed by atoms with E-state index < -0.39 is 0 Å². The molecule has 2 aliphatic heterocycles. The van der Waals surface area contributed by atoms with Crippen molar-refractivity contribution >= 4 is 0 Å². The number of benzene rings is 4. The van der Waals surface area contributed by atoms with Crippen LogP contribution in [0.4, 0.5) is 0 Å². The largest absolute Gasteiger partial charge is 0.493 e. The molecule has 0 radical (unpaired) electrons. The summed E-state index contributed by atoms with van der Waals surface area (Å²) in [6, 6.07) is 32.4. The van der Waals surface area contributed by atoms with E-state index in [1.165, 1.54) is 0 Å². The molecule has 1 fully saturated rings. The van der Waals surface area contributed by atoms with Crippen LogP contribution in [0.1, 0.15) is 34.5 Å². The Bertz CT molecular complexity index is 1440. The molecule has 218 valence electrons. The van der Waals surface area contributed by atoms with Gasteiger partial charge in [0.15, 0.2) is 23.0 Å². The van der Waals surface area contributed by atoms with Crippen LogP contribution in [0, 0.1) is 11.8 Å². The molecule has 2 heterocycles. The van der Waals surface area contributed by atoms with Crippen molar-refractivity contribution in [3.8, 4) is 23.0 Å². The Kier molecular flexibility index (Phi) is 8.89. The van der Waals surface area contributed by atoms with Gasteiger partial charge in [-0.15, -0.1) is 0 Å². The van der Waals surface area contributed by atoms with Crippen molar-refractivity contribution in [3.05, 3.63) is 119 Å². The van der Waals surface area contributed by atoms with Gasteiger partial charge in [-0.25, -0.2) is 0 Å². The minimum atomic E-state index is -0.263. The van der Waals surface area contributed by atoms with Crippen LogP contribution in [0.15, 0.2) is 97.1 Å². The molecule has 0 amide bonds. The highest BCUT2D eigenvalue weighted by molar-refractivity contribution is 5.46. The Labute approximate surface area is 246 Å². The van der Waals surface area contributed by atoms with Crippen LogP contribution in [0.3, 0.4) is 0 Å². The van der Waals surface area contributed by atoms with E-state index >= 15 is 0 Å². The summed E-state index contributed by atoms with van der Waals surface area (Å²) in [7, 11) is 3.28. The lowest BCUT2D eigenvalue weighted by Gasteiger charge is -2.25. The lowest BCUT2D eigenvalue weighted by atomic mass is 9.83. The van der Waals surface area contributed by atoms with Crippen LogP contribution in [0.25, 0.3) is 0 Å². The van der Waals surface area contributed by atoms with Gasteiger partial charge in [0.05, 0.1) is 52.9 Å². The minimum absolute atomic E-state index is 0.00184. The van der Waals surface area contributed by atoms with Gasteiger partial charge in [-0.05, 0) is 46.5 Å². The van der Waals surface area contributed by atoms with Gasteiger partial charge in [-0.3, -0.25) is 0 Å². The number of hydrogen-bond acceptors (Lipinski definition) is 7. The normalized spacial score (nSPS) is 20.9. The zero-order valence-electron chi connectivity index (χ0n) is 23.9. The first-order valence-corrected chi connectivity index (χ1v) is 14.2. The van der Waals surface area contributed by atoms with Gasteiger partial charge in [0, 0.05) is 11.8 Å². The maximum atomic E-state index is 6.94. The van der Waals surface area contributed by atoms with E-state index in [9.17, 15) is 0 Å². The number of rotatable bonds is 12. The SMILES string of the molecule is COc1ccc([C@@H]2O[C@H](c3ccc4c(c3)OCO4)[C@H](COCc3ccccc3)[C@H]2COCc2ccccc2)cc1OC. The maximum absolute atomic E-state index is 6.94. The third-order valence-electron chi connectivity index (χ3n) is 7.93. The van der Waals surface area contributed by atoms with Gasteiger partial charge in [-0.2, -0.15) is 0 Å². The molecule has 6 rings (SSSR count). The van der Waals surface area contributed by atoms with Crippen molar-refractivity contribution in [3.63, 3.8) is 0 Å². The summed E-state index contributed by atoms with van der Waals surface area (Å²) in [4.78, 5) is 0. The van der Waals surface area contributed by atoms with Gasteiger partial charge in [0.2, 0.25) is 6.79 Å². The molecule has 0 N–H and O–H groups in total. The molecule has 7 nitrogen and oxygen atoms in total. The molecule has 42 heavy (non-hydrogen) atoms. The number of methoxy groups -OCH3 is 2. The van der Waals surface area contributed by atoms with Crippen LogP contribution in [-0.2, 0) is 27.4 Å². The summed E-state index contributed by atoms with van der Waals surface area (Å²) in [6.07, 6.45) is -0.514. The Hall–Kier alpha value is -4.04. The molecule has 0 aromatic heterocycles. The second kappa shape index (κ2) is 13.3. The average Bonchev–Trinajstić information content (AvgIpc) is 3.66. The quantitative estimate of drug-likeness (QED) is 0.184. The maximum Gasteiger partial charge on any atom is 0.231 e. The fourth-order valence-electron chi connectivity index (χ4n) is 5.78. The smallest absolute Gasteiger partial charge is 0.231 e. The molecule has 0 aliphatic carbocycles. The third-order valence-corrected chi connectivity index (χ3v) is 7.93. The first-order chi connectivity index (χ1) is 20.7. The molecule has 0 bridgehead atoms. The first kappa shape index (κ1) is 28.1. The summed E-state index contributed by atoms with van der Waals surface area (Å²) in [6.45, 7) is 2.25. The topological polar surface area (TPSA) is 64.6 Å². The Morgan fingerprint density at radius 1 is 0.595 bits per heavy atom. The average molecular weight is 569 g/mol. The van der Waals surface area contributed by atoms with Crippen LogP contribution in [0.5, 0.6) is 23.0 Å². The molecular weight excluding hydrogens is 532 g/mol. The van der Waals surface area contributed by atoms with Crippen LogP contribution in [0.2, 0.25) is 0 Å². The van der Waals surface area contributed by atoms with Crippen LogP contribution < -0.4 is 18.9 Å². The predicted molar refractivity (Wildman–Crippen MR) is 158 cm³/mol. The summed E-state index contributed by atoms with van der Waals surface area (Å²) in [5, 5.41) is 0. The summed E-state index contributed by atoms with van der Waals surface area (Å²) in [5.41, 5.74) is 4.27. The molecule has 4 atom stereocenters. The van der Waals surface area contributed by atoms with E-state index in [-0.39, 0.29) is 30.8 Å². The second-order valence-corrected chi connectivity index (χ2v) is 10.5. The molecule has 0 saturated carbocycles. The Morgan fingerprint density at radius 3 is 1.74 bits per heavy atom. The highest BCUT2D eigenvalue weighted by atomic mass is 16.7. The molecule has 0 unspecified atom stereocenters. The highest BCUT2D eigenvalue weighted by Crippen LogP contribution is 2.52. The van der Waals surface area contributed by atoms with Crippen LogP contribution in [-0.4, -0.2) is 34.2 Å². The predicted octanol–water partition coefficient (Wildman–Crippen LogP) is 6.91. The van der Waals surface area contributed by atoms with Crippen molar-refractivity contribution in [2.24, 2.45) is 11.8 Å². The van der Waals surface area contributed by atoms with Gasteiger partial charge < -0.3 is 33.2 Å². The van der Waals surface area contributed by atoms with Crippen molar-refractivity contribution in [2.75, 3.05) is 34.2 Å². The van der Waals surface area contributed by atoms with E-state index in [0.29, 0.717) is 37.9 Å². The van der Waals surface area contributed by atoms with Crippen molar-refractivity contribution in [1.82, 2.24) is 0 Å². The van der Waals surface area contributed by atoms with Gasteiger partial charge in [0.1, 0.15) is 0 Å². The number of ether oxygens (including phenoxy) is 7. The fourth-order valence-corrected chi connectivity index (χ4v) is 5.78. The minimum Gasteiger partial charge on any atom is -0.493 e. The lowest BCUT2D eigenvalue weighted by Crippen LogP contribution is -2.26. The standard InChI is InChI=1S/C35H36O7/c1-36-30-15-13-26(17-32(30)37-2)34-28(21-38-19-24-9-5-3-6-10-24)29(22-39-20-25-11-7-4-8-12-25)35(42-34)27-14-16-31-33(18-27)41-23-40-31/h3-18,28-29,34-35H,19-23H2,1-2H3/t28-,29-,34+,35-/m1/s1. The molecule has 0 spiro atoms. The highest BCUT2D eigenvalue weighted by Gasteiger charge is 2.46. The zero-order valence-corrected chi connectivity index (χ0v) is 23.9. The zero-order chi connectivity index (χ0) is 28.7. The van der Waals surface area contributed by atoms with Crippen molar-refractivity contribution in [2.45, 2.75) is 25.4 Å². The van der Waals surface area contributed by atoms with E-state index in [0.717, 1.165) is 33.8 Å². The molecule has 4 aromatic carbocycles. The number of hydrogen-bond donors (Lipinski definition) is 0. The summed E-state index contributed by atoms with van der Waals surface area (Å²) >= 11 is 0. The molecule has 7 heteroatoms. The van der Waals surface area contributed by atoms with E-state index in [2.05, 4.69) is 30.3 Å². The lowest BCUT2D eigenvalue weighted by molar-refractivity contribution is 0.00754. The second-order valence-electron chi connectivity index (χ2n) is 10.5. The fraction of sp³-hybridized carbons (Fsp3) is 0.314. The van der Waals surface area contributed by atoms with E-state index in [4.69, 9.17) is 33.2 Å². The Morgan fingerprint density at radius 2 is 1.14 bits per heavy atom. The van der Waals surface area contributed by atoms with Crippen molar-refractivity contribution in [1.29, 1.82) is 0 Å². The van der Waals surface area contributed by atoms with Crippen LogP contribution >= 0.6 is 0 Å². The molecule has 4 aromatic rings. The first-order valence-electron chi connectivity index (χ1n) is 14.2. The third kappa shape index (κ3) is 6.23. The van der Waals surface area contributed by atoms with Gasteiger partial charge >= 0.3 is 0 Å². The number of fused-ring (bicyclic) bond motifs is 1. The van der Waals surface area contributed by atoms with E-state index in [1.807, 2.05) is 66.7 Å². The Balaban J connectivity index is 1.32. The van der Waals surface area contributed by atoms with Gasteiger partial charge in [0.25, 0.3) is 0 Å². The molecule has 2 aliphatic rings. The summed E-state index contributed by atoms with van der Waals surface area (Å²) in [5.74, 6) is 2.80. The van der Waals surface area contributed by atoms with Gasteiger partial charge in [-0.1, -0.05) is 72.8 Å². The van der Waals surface area contributed by atoms with Crippen molar-refractivity contribution < 1.29 is 33.2 Å². The molecular formula is C35H36O7. The molecule has 1 saturated heterocycles. The van der Waals surface area contributed by atoms with E-state index in [1.54, 1.807) is 14.2 Å². The summed E-state index contributed by atoms with van der Waals surface area (Å²) < 4.78 is 42.1. The monoisotopic (exact) mass is 568 g/mol.